The van der Waals surface area contributed by atoms with Gasteiger partial charge in [0.05, 0.1) is 5.69 Å². The molecule has 0 aliphatic carbocycles. The second kappa shape index (κ2) is 9.22. The summed E-state index contributed by atoms with van der Waals surface area (Å²) in [6.07, 6.45) is 2.15. The topological polar surface area (TPSA) is 66.5 Å². The number of aryl methyl sites for hydroxylation is 1. The van der Waals surface area contributed by atoms with Gasteiger partial charge in [0.2, 0.25) is 0 Å². The highest BCUT2D eigenvalue weighted by molar-refractivity contribution is 9.10. The number of nitrogens with one attached hydrogen (secondary N) is 1. The lowest BCUT2D eigenvalue weighted by Gasteiger charge is -2.27. The fourth-order valence-corrected chi connectivity index (χ4v) is 4.36. The summed E-state index contributed by atoms with van der Waals surface area (Å²) in [5.74, 6) is -1.36. The van der Waals surface area contributed by atoms with E-state index in [1.807, 2.05) is 48.5 Å². The maximum Gasteiger partial charge on any atom is 0.335 e. The summed E-state index contributed by atoms with van der Waals surface area (Å²) in [4.78, 5) is 39.4. The van der Waals surface area contributed by atoms with E-state index in [0.29, 0.717) is 17.7 Å². The lowest BCUT2D eigenvalue weighted by Crippen LogP contribution is -2.54. The SMILES string of the molecule is Cc1ccccc1N1C(=O)NC(=O)/C(=C\c2cc(Br)ccc2Cc2ccccc2Br)C1=O. The van der Waals surface area contributed by atoms with Crippen molar-refractivity contribution in [2.75, 3.05) is 4.90 Å². The third kappa shape index (κ3) is 4.45. The smallest absolute Gasteiger partial charge is 0.273 e. The van der Waals surface area contributed by atoms with Crippen LogP contribution in [0.2, 0.25) is 0 Å². The van der Waals surface area contributed by atoms with Gasteiger partial charge in [-0.15, -0.1) is 0 Å². The van der Waals surface area contributed by atoms with Crippen LogP contribution in [-0.4, -0.2) is 17.8 Å². The van der Waals surface area contributed by atoms with E-state index < -0.39 is 17.8 Å². The molecule has 0 saturated carbocycles. The molecule has 0 spiro atoms. The molecule has 3 aromatic rings. The van der Waals surface area contributed by atoms with Crippen molar-refractivity contribution in [1.82, 2.24) is 5.32 Å². The summed E-state index contributed by atoms with van der Waals surface area (Å²) in [6.45, 7) is 1.81. The molecule has 1 aliphatic rings. The molecule has 3 aromatic carbocycles. The van der Waals surface area contributed by atoms with Gasteiger partial charge in [-0.25, -0.2) is 9.69 Å². The predicted molar refractivity (Wildman–Crippen MR) is 131 cm³/mol. The number of carbonyl (C=O) groups is 3. The lowest BCUT2D eigenvalue weighted by atomic mass is 9.97. The van der Waals surface area contributed by atoms with Crippen LogP contribution in [0.15, 0.2) is 81.2 Å². The predicted octanol–water partition coefficient (Wildman–Crippen LogP) is 5.78. The number of anilines is 1. The summed E-state index contributed by atoms with van der Waals surface area (Å²) in [7, 11) is 0. The van der Waals surface area contributed by atoms with E-state index in [2.05, 4.69) is 37.2 Å². The Bertz CT molecular complexity index is 1280. The molecular weight excluding hydrogens is 536 g/mol. The second-order valence-corrected chi connectivity index (χ2v) is 9.13. The van der Waals surface area contributed by atoms with Crippen LogP contribution in [0, 0.1) is 6.92 Å². The minimum Gasteiger partial charge on any atom is -0.273 e. The number of imide groups is 2. The zero-order valence-electron chi connectivity index (χ0n) is 17.1. The van der Waals surface area contributed by atoms with Crippen LogP contribution in [-0.2, 0) is 16.0 Å². The monoisotopic (exact) mass is 552 g/mol. The quantitative estimate of drug-likeness (QED) is 0.329. The molecule has 160 valence electrons. The van der Waals surface area contributed by atoms with Crippen molar-refractivity contribution in [3.05, 3.63) is 104 Å². The first-order chi connectivity index (χ1) is 15.3. The average Bonchev–Trinajstić information content (AvgIpc) is 2.75. The summed E-state index contributed by atoms with van der Waals surface area (Å²) in [6, 6.07) is 19.9. The number of urea groups is 1. The standard InChI is InChI=1S/C25H18Br2N2O3/c1-15-6-2-5-9-22(15)29-24(31)20(23(30)28-25(29)32)14-18-13-19(26)11-10-16(18)12-17-7-3-4-8-21(17)27/h2-11,13-14H,12H2,1H3,(H,28,30,32)/b20-14+. The summed E-state index contributed by atoms with van der Waals surface area (Å²) >= 11 is 7.04. The zero-order valence-corrected chi connectivity index (χ0v) is 20.2. The van der Waals surface area contributed by atoms with Crippen LogP contribution in [0.5, 0.6) is 0 Å². The number of hydrogen-bond donors (Lipinski definition) is 1. The number of para-hydroxylation sites is 1. The number of barbiturate groups is 1. The number of halogens is 2. The van der Waals surface area contributed by atoms with Crippen molar-refractivity contribution in [3.8, 4) is 0 Å². The van der Waals surface area contributed by atoms with E-state index in [4.69, 9.17) is 0 Å². The average molecular weight is 554 g/mol. The molecule has 5 nitrogen and oxygen atoms in total. The van der Waals surface area contributed by atoms with Gasteiger partial charge in [-0.3, -0.25) is 14.9 Å². The van der Waals surface area contributed by atoms with Crippen molar-refractivity contribution < 1.29 is 14.4 Å². The first kappa shape index (κ1) is 22.2. The van der Waals surface area contributed by atoms with Gasteiger partial charge in [-0.1, -0.05) is 74.3 Å². The summed E-state index contributed by atoms with van der Waals surface area (Å²) in [5.41, 5.74) is 3.82. The number of amides is 4. The minimum absolute atomic E-state index is 0.0978. The molecule has 1 aliphatic heterocycles. The fraction of sp³-hybridized carbons (Fsp3) is 0.0800. The number of carbonyl (C=O) groups excluding carboxylic acids is 3. The highest BCUT2D eigenvalue weighted by atomic mass is 79.9. The summed E-state index contributed by atoms with van der Waals surface area (Å²) in [5, 5.41) is 2.29. The number of hydrogen-bond acceptors (Lipinski definition) is 3. The molecule has 1 saturated heterocycles. The van der Waals surface area contributed by atoms with Gasteiger partial charge in [0, 0.05) is 8.95 Å². The molecule has 0 atom stereocenters. The maximum absolute atomic E-state index is 13.3. The molecule has 4 amide bonds. The van der Waals surface area contributed by atoms with Crippen LogP contribution < -0.4 is 10.2 Å². The van der Waals surface area contributed by atoms with Crippen LogP contribution >= 0.6 is 31.9 Å². The Labute approximate surface area is 202 Å². The van der Waals surface area contributed by atoms with E-state index in [9.17, 15) is 14.4 Å². The van der Waals surface area contributed by atoms with Gasteiger partial charge in [-0.05, 0) is 65.9 Å². The van der Waals surface area contributed by atoms with Crippen LogP contribution in [0.4, 0.5) is 10.5 Å². The van der Waals surface area contributed by atoms with Crippen molar-refractivity contribution in [1.29, 1.82) is 0 Å². The van der Waals surface area contributed by atoms with Gasteiger partial charge in [0.1, 0.15) is 5.57 Å². The lowest BCUT2D eigenvalue weighted by molar-refractivity contribution is -0.122. The van der Waals surface area contributed by atoms with Gasteiger partial charge >= 0.3 is 6.03 Å². The molecule has 0 radical (unpaired) electrons. The second-order valence-electron chi connectivity index (χ2n) is 7.36. The largest absolute Gasteiger partial charge is 0.335 e. The van der Waals surface area contributed by atoms with Crippen molar-refractivity contribution in [3.63, 3.8) is 0 Å². The molecule has 1 fully saturated rings. The van der Waals surface area contributed by atoms with E-state index in [1.54, 1.807) is 31.2 Å². The van der Waals surface area contributed by atoms with Gasteiger partial charge in [0.15, 0.2) is 0 Å². The van der Waals surface area contributed by atoms with Crippen molar-refractivity contribution in [2.45, 2.75) is 13.3 Å². The van der Waals surface area contributed by atoms with E-state index in [0.717, 1.165) is 30.5 Å². The zero-order chi connectivity index (χ0) is 22.8. The van der Waals surface area contributed by atoms with E-state index >= 15 is 0 Å². The minimum atomic E-state index is -0.755. The third-order valence-electron chi connectivity index (χ3n) is 5.20. The Morgan fingerprint density at radius 1 is 0.906 bits per heavy atom. The first-order valence-corrected chi connectivity index (χ1v) is 11.4. The van der Waals surface area contributed by atoms with E-state index in [1.165, 1.54) is 0 Å². The highest BCUT2D eigenvalue weighted by Crippen LogP contribution is 2.28. The molecule has 1 heterocycles. The molecule has 7 heteroatoms. The Morgan fingerprint density at radius 2 is 1.62 bits per heavy atom. The van der Waals surface area contributed by atoms with E-state index in [-0.39, 0.29) is 5.57 Å². The Kier molecular flexibility index (Phi) is 6.39. The third-order valence-corrected chi connectivity index (χ3v) is 6.47. The molecule has 0 bridgehead atoms. The first-order valence-electron chi connectivity index (χ1n) is 9.84. The number of benzene rings is 3. The van der Waals surface area contributed by atoms with Crippen LogP contribution in [0.25, 0.3) is 6.08 Å². The van der Waals surface area contributed by atoms with Gasteiger partial charge in [0.25, 0.3) is 11.8 Å². The van der Waals surface area contributed by atoms with Crippen molar-refractivity contribution >= 4 is 61.5 Å². The molecule has 0 unspecified atom stereocenters. The van der Waals surface area contributed by atoms with Gasteiger partial charge in [-0.2, -0.15) is 0 Å². The molecule has 4 rings (SSSR count). The maximum atomic E-state index is 13.3. The Balaban J connectivity index is 1.77. The Morgan fingerprint density at radius 3 is 2.38 bits per heavy atom. The molecule has 1 N–H and O–H groups in total. The normalized spacial score (nSPS) is 15.3. The van der Waals surface area contributed by atoms with Crippen LogP contribution in [0.1, 0.15) is 22.3 Å². The molecular formula is C25H18Br2N2O3. The highest BCUT2D eigenvalue weighted by Gasteiger charge is 2.37. The molecule has 0 aromatic heterocycles. The van der Waals surface area contributed by atoms with Gasteiger partial charge < -0.3 is 0 Å². The fourth-order valence-electron chi connectivity index (χ4n) is 3.55. The van der Waals surface area contributed by atoms with Crippen molar-refractivity contribution in [2.24, 2.45) is 0 Å². The van der Waals surface area contributed by atoms with Crippen LogP contribution in [0.3, 0.4) is 0 Å². The summed E-state index contributed by atoms with van der Waals surface area (Å²) < 4.78 is 1.79. The number of nitrogens with zero attached hydrogens (tertiary/aromatic N) is 1. The molecule has 32 heavy (non-hydrogen) atoms. The number of rotatable bonds is 4. The Hall–Kier alpha value is -3.03.